The van der Waals surface area contributed by atoms with Crippen molar-refractivity contribution in [3.05, 3.63) is 81.3 Å². The maximum absolute atomic E-state index is 13.3. The van der Waals surface area contributed by atoms with Gasteiger partial charge in [-0.1, -0.05) is 35.9 Å². The molecule has 10 heteroatoms. The Kier molecular flexibility index (Phi) is 7.88. The highest BCUT2D eigenvalue weighted by molar-refractivity contribution is 9.10. The Bertz CT molecular complexity index is 1270. The molecule has 0 aromatic heterocycles. The van der Waals surface area contributed by atoms with Crippen LogP contribution < -0.4 is 19.1 Å². The van der Waals surface area contributed by atoms with Gasteiger partial charge in [0.2, 0.25) is 10.0 Å². The zero-order valence-corrected chi connectivity index (χ0v) is 21.3. The lowest BCUT2D eigenvalue weighted by Gasteiger charge is -2.26. The van der Waals surface area contributed by atoms with E-state index in [2.05, 4.69) is 21.2 Å². The number of anilines is 2. The highest BCUT2D eigenvalue weighted by Crippen LogP contribution is 2.37. The van der Waals surface area contributed by atoms with Crippen LogP contribution in [-0.4, -0.2) is 34.8 Å². The molecule has 0 aliphatic heterocycles. The maximum Gasteiger partial charge on any atom is 0.257 e. The van der Waals surface area contributed by atoms with Crippen LogP contribution in [0.15, 0.2) is 65.1 Å². The largest absolute Gasteiger partial charge is 0.493 e. The number of halogens is 2. The molecule has 1 N–H and O–H groups in total. The lowest BCUT2D eigenvalue weighted by molar-refractivity contribution is 0.102. The fraction of sp³-hybridized carbons (Fsp3) is 0.174. The predicted molar refractivity (Wildman–Crippen MR) is 134 cm³/mol. The molecule has 33 heavy (non-hydrogen) atoms. The minimum Gasteiger partial charge on any atom is -0.493 e. The van der Waals surface area contributed by atoms with Crippen LogP contribution in [0.2, 0.25) is 5.02 Å². The highest BCUT2D eigenvalue weighted by Gasteiger charge is 2.27. The van der Waals surface area contributed by atoms with Crippen molar-refractivity contribution in [2.24, 2.45) is 0 Å². The van der Waals surface area contributed by atoms with Gasteiger partial charge in [0.1, 0.15) is 0 Å². The number of carbonyl (C=O) groups is 1. The van der Waals surface area contributed by atoms with E-state index in [0.29, 0.717) is 26.5 Å². The van der Waals surface area contributed by atoms with Crippen LogP contribution in [0.1, 0.15) is 15.9 Å². The third-order valence-electron chi connectivity index (χ3n) is 4.78. The standard InChI is InChI=1S/C23H22BrClN2O5S/c1-31-21-12-17(23(28)26-19-7-5-4-6-18(19)24)20(13-22(21)32-2)27(33(3,29)30)14-15-8-10-16(25)11-9-15/h4-13H,14H2,1-3H3,(H,26,28). The van der Waals surface area contributed by atoms with Gasteiger partial charge in [-0.25, -0.2) is 8.42 Å². The summed E-state index contributed by atoms with van der Waals surface area (Å²) in [5.74, 6) is 0.0655. The van der Waals surface area contributed by atoms with Crippen molar-refractivity contribution >= 4 is 54.8 Å². The van der Waals surface area contributed by atoms with Gasteiger partial charge in [0.05, 0.1) is 44.0 Å². The molecule has 0 aliphatic carbocycles. The Morgan fingerprint density at radius 3 is 2.21 bits per heavy atom. The summed E-state index contributed by atoms with van der Waals surface area (Å²) in [6, 6.07) is 16.8. The molecule has 3 rings (SSSR count). The number of amides is 1. The Morgan fingerprint density at radius 1 is 1.03 bits per heavy atom. The molecular weight excluding hydrogens is 532 g/mol. The first-order valence-corrected chi connectivity index (χ1v) is 12.7. The van der Waals surface area contributed by atoms with Gasteiger partial charge in [-0.05, 0) is 51.8 Å². The second kappa shape index (κ2) is 10.5. The first-order chi connectivity index (χ1) is 15.6. The van der Waals surface area contributed by atoms with Crippen LogP contribution in [0, 0.1) is 0 Å². The van der Waals surface area contributed by atoms with Crippen molar-refractivity contribution in [1.82, 2.24) is 0 Å². The Morgan fingerprint density at radius 2 is 1.64 bits per heavy atom. The van der Waals surface area contributed by atoms with Gasteiger partial charge in [-0.3, -0.25) is 9.10 Å². The minimum absolute atomic E-state index is 0.0131. The average molecular weight is 554 g/mol. The smallest absolute Gasteiger partial charge is 0.257 e. The van der Waals surface area contributed by atoms with Crippen molar-refractivity contribution in [1.29, 1.82) is 0 Å². The van der Waals surface area contributed by atoms with Gasteiger partial charge in [0, 0.05) is 15.6 Å². The molecule has 0 radical (unpaired) electrons. The van der Waals surface area contributed by atoms with Crippen LogP contribution in [0.25, 0.3) is 0 Å². The van der Waals surface area contributed by atoms with Gasteiger partial charge in [-0.15, -0.1) is 0 Å². The molecule has 0 fully saturated rings. The monoisotopic (exact) mass is 552 g/mol. The fourth-order valence-corrected chi connectivity index (χ4v) is 4.55. The second-order valence-electron chi connectivity index (χ2n) is 7.05. The fourth-order valence-electron chi connectivity index (χ4n) is 3.15. The van der Waals surface area contributed by atoms with Crippen LogP contribution in [0.3, 0.4) is 0 Å². The summed E-state index contributed by atoms with van der Waals surface area (Å²) < 4.78 is 38.2. The van der Waals surface area contributed by atoms with Gasteiger partial charge in [-0.2, -0.15) is 0 Å². The summed E-state index contributed by atoms with van der Waals surface area (Å²) in [4.78, 5) is 13.3. The van der Waals surface area contributed by atoms with E-state index < -0.39 is 15.9 Å². The van der Waals surface area contributed by atoms with Crippen LogP contribution in [-0.2, 0) is 16.6 Å². The number of rotatable bonds is 8. The molecule has 7 nitrogen and oxygen atoms in total. The highest BCUT2D eigenvalue weighted by atomic mass is 79.9. The number of hydrogen-bond acceptors (Lipinski definition) is 5. The number of carbonyl (C=O) groups excluding carboxylic acids is 1. The van der Waals surface area contributed by atoms with Gasteiger partial charge < -0.3 is 14.8 Å². The lowest BCUT2D eigenvalue weighted by Crippen LogP contribution is -2.31. The first-order valence-electron chi connectivity index (χ1n) is 9.68. The quantitative estimate of drug-likeness (QED) is 0.407. The maximum atomic E-state index is 13.3. The van der Waals surface area contributed by atoms with E-state index >= 15 is 0 Å². The Hall–Kier alpha value is -2.75. The van der Waals surface area contributed by atoms with Crippen molar-refractivity contribution in [3.63, 3.8) is 0 Å². The van der Waals surface area contributed by atoms with Gasteiger partial charge in [0.15, 0.2) is 11.5 Å². The molecule has 0 unspecified atom stereocenters. The molecule has 3 aromatic rings. The molecule has 1 amide bonds. The topological polar surface area (TPSA) is 84.9 Å². The molecule has 0 heterocycles. The zero-order chi connectivity index (χ0) is 24.2. The Labute approximate surface area is 206 Å². The number of sulfonamides is 1. The third kappa shape index (κ3) is 5.98. The number of hydrogen-bond donors (Lipinski definition) is 1. The Balaban J connectivity index is 2.14. The molecule has 0 atom stereocenters. The molecule has 0 aliphatic rings. The summed E-state index contributed by atoms with van der Waals surface area (Å²) >= 11 is 9.37. The van der Waals surface area contributed by atoms with E-state index in [4.69, 9.17) is 21.1 Å². The average Bonchev–Trinajstić information content (AvgIpc) is 2.78. The summed E-state index contributed by atoms with van der Waals surface area (Å²) in [5.41, 5.74) is 1.47. The molecular formula is C23H22BrClN2O5S. The van der Waals surface area contributed by atoms with Crippen molar-refractivity contribution < 1.29 is 22.7 Å². The SMILES string of the molecule is COc1cc(C(=O)Nc2ccccc2Br)c(N(Cc2ccc(Cl)cc2)S(C)(=O)=O)cc1OC. The van der Waals surface area contributed by atoms with Crippen LogP contribution in [0.4, 0.5) is 11.4 Å². The van der Waals surface area contributed by atoms with E-state index in [-0.39, 0.29) is 23.5 Å². The molecule has 0 saturated carbocycles. The second-order valence-corrected chi connectivity index (χ2v) is 10.3. The number of benzene rings is 3. The number of methoxy groups -OCH3 is 2. The van der Waals surface area contributed by atoms with Crippen LogP contribution in [0.5, 0.6) is 11.5 Å². The third-order valence-corrected chi connectivity index (χ3v) is 6.85. The number of nitrogens with zero attached hydrogens (tertiary/aromatic N) is 1. The van der Waals surface area contributed by atoms with E-state index in [0.717, 1.165) is 10.6 Å². The number of nitrogens with one attached hydrogen (secondary N) is 1. The summed E-state index contributed by atoms with van der Waals surface area (Å²) in [7, 11) is -0.917. The molecule has 0 bridgehead atoms. The minimum atomic E-state index is -3.79. The first kappa shape index (κ1) is 24.9. The lowest BCUT2D eigenvalue weighted by atomic mass is 10.1. The van der Waals surface area contributed by atoms with Crippen LogP contribution >= 0.6 is 27.5 Å². The van der Waals surface area contributed by atoms with Crippen molar-refractivity contribution in [2.45, 2.75) is 6.54 Å². The predicted octanol–water partition coefficient (Wildman–Crippen LogP) is 5.34. The molecule has 0 spiro atoms. The van der Waals surface area contributed by atoms with Crippen molar-refractivity contribution in [3.8, 4) is 11.5 Å². The van der Waals surface area contributed by atoms with Gasteiger partial charge in [0.25, 0.3) is 5.91 Å². The van der Waals surface area contributed by atoms with Crippen molar-refractivity contribution in [2.75, 3.05) is 30.1 Å². The number of ether oxygens (including phenoxy) is 2. The summed E-state index contributed by atoms with van der Waals surface area (Å²) in [5, 5.41) is 3.34. The molecule has 0 saturated heterocycles. The summed E-state index contributed by atoms with van der Waals surface area (Å²) in [6.07, 6.45) is 1.08. The number of para-hydroxylation sites is 1. The summed E-state index contributed by atoms with van der Waals surface area (Å²) in [6.45, 7) is -0.0131. The normalized spacial score (nSPS) is 11.1. The van der Waals surface area contributed by atoms with E-state index in [1.54, 1.807) is 42.5 Å². The zero-order valence-electron chi connectivity index (χ0n) is 18.1. The van der Waals surface area contributed by atoms with E-state index in [1.807, 2.05) is 6.07 Å². The molecule has 3 aromatic carbocycles. The van der Waals surface area contributed by atoms with E-state index in [9.17, 15) is 13.2 Å². The van der Waals surface area contributed by atoms with E-state index in [1.165, 1.54) is 26.4 Å². The molecule has 174 valence electrons. The van der Waals surface area contributed by atoms with Gasteiger partial charge >= 0.3 is 0 Å².